The normalized spacial score (nSPS) is 20.1. The van der Waals surface area contributed by atoms with Crippen molar-refractivity contribution in [1.82, 2.24) is 19.0 Å². The highest BCUT2D eigenvalue weighted by atomic mass is 32.2. The summed E-state index contributed by atoms with van der Waals surface area (Å²) in [4.78, 5) is 18.4. The number of benzene rings is 2. The van der Waals surface area contributed by atoms with Gasteiger partial charge in [0, 0.05) is 26.7 Å². The smallest absolute Gasteiger partial charge is 0.312 e. The molecule has 2 atom stereocenters. The van der Waals surface area contributed by atoms with Gasteiger partial charge in [-0.25, -0.2) is 23.0 Å². The Morgan fingerprint density at radius 2 is 1.79 bits per heavy atom. The number of alkyl halides is 2. The third kappa shape index (κ3) is 5.19. The number of carbonyl (C=O) groups is 1. The lowest BCUT2D eigenvalue weighted by molar-refractivity contribution is -0.0789. The fourth-order valence-electron chi connectivity index (χ4n) is 3.83. The van der Waals surface area contributed by atoms with Gasteiger partial charge in [-0.15, -0.1) is 0 Å². The third-order valence-electron chi connectivity index (χ3n) is 5.76. The first-order valence-electron chi connectivity index (χ1n) is 10.4. The number of nitrogens with one attached hydrogen (secondary N) is 1. The first-order valence-corrected chi connectivity index (χ1v) is 11.8. The van der Waals surface area contributed by atoms with Crippen LogP contribution in [-0.4, -0.2) is 81.5 Å². The fraction of sp³-hybridized carbons (Fsp3) is 0.409. The highest BCUT2D eigenvalue weighted by molar-refractivity contribution is 7.87. The molecule has 0 saturated carbocycles. The Hall–Kier alpha value is -2.67. The SMILES string of the molecule is CON(C)C(=O)N1CC(F)(F)[C@H](NS(=O)(=O)N(C)C)[C@@H]1Cc1cccc(-c2ccccc2)c1F. The minimum absolute atomic E-state index is 0.0657. The van der Waals surface area contributed by atoms with Crippen molar-refractivity contribution in [3.8, 4) is 11.1 Å². The van der Waals surface area contributed by atoms with Gasteiger partial charge in [-0.3, -0.25) is 4.84 Å². The Kier molecular flexibility index (Phi) is 7.56. The molecule has 0 aliphatic carbocycles. The van der Waals surface area contributed by atoms with E-state index in [-0.39, 0.29) is 17.5 Å². The van der Waals surface area contributed by atoms with Crippen LogP contribution in [0.15, 0.2) is 48.5 Å². The monoisotopic (exact) mass is 500 g/mol. The number of amides is 2. The number of hydroxylamine groups is 2. The van der Waals surface area contributed by atoms with Crippen molar-refractivity contribution in [3.63, 3.8) is 0 Å². The van der Waals surface area contributed by atoms with Gasteiger partial charge in [0.2, 0.25) is 0 Å². The molecule has 1 N–H and O–H groups in total. The maximum Gasteiger partial charge on any atom is 0.344 e. The number of rotatable bonds is 7. The molecule has 1 heterocycles. The van der Waals surface area contributed by atoms with E-state index in [1.54, 1.807) is 42.5 Å². The average Bonchev–Trinajstić information content (AvgIpc) is 3.04. The number of hydrogen-bond donors (Lipinski definition) is 1. The van der Waals surface area contributed by atoms with Gasteiger partial charge in [-0.05, 0) is 17.5 Å². The molecule has 2 aromatic carbocycles. The molecule has 1 aliphatic rings. The highest BCUT2D eigenvalue weighted by Gasteiger charge is 2.58. The van der Waals surface area contributed by atoms with Crippen LogP contribution in [-0.2, 0) is 21.5 Å². The first-order chi connectivity index (χ1) is 15.9. The third-order valence-corrected chi connectivity index (χ3v) is 7.27. The van der Waals surface area contributed by atoms with E-state index >= 15 is 13.2 Å². The zero-order valence-electron chi connectivity index (χ0n) is 19.2. The molecule has 0 unspecified atom stereocenters. The lowest BCUT2D eigenvalue weighted by Crippen LogP contribution is -2.55. The van der Waals surface area contributed by atoms with Gasteiger partial charge < -0.3 is 4.90 Å². The van der Waals surface area contributed by atoms with E-state index in [9.17, 15) is 13.2 Å². The predicted octanol–water partition coefficient (Wildman–Crippen LogP) is 2.73. The van der Waals surface area contributed by atoms with Crippen LogP contribution in [0.5, 0.6) is 0 Å². The minimum Gasteiger partial charge on any atom is -0.312 e. The number of carbonyl (C=O) groups excluding carboxylic acids is 1. The molecule has 0 bridgehead atoms. The van der Waals surface area contributed by atoms with Crippen LogP contribution in [0.3, 0.4) is 0 Å². The highest BCUT2D eigenvalue weighted by Crippen LogP contribution is 2.36. The van der Waals surface area contributed by atoms with Crippen LogP contribution in [0, 0.1) is 5.82 Å². The molecule has 186 valence electrons. The fourth-order valence-corrected chi connectivity index (χ4v) is 4.70. The molecule has 2 aromatic rings. The van der Waals surface area contributed by atoms with Gasteiger partial charge in [0.25, 0.3) is 16.1 Å². The van der Waals surface area contributed by atoms with Crippen molar-refractivity contribution >= 4 is 16.2 Å². The van der Waals surface area contributed by atoms with E-state index in [1.165, 1.54) is 34.3 Å². The number of urea groups is 1. The second kappa shape index (κ2) is 9.90. The lowest BCUT2D eigenvalue weighted by atomic mass is 9.95. The van der Waals surface area contributed by atoms with Crippen molar-refractivity contribution in [3.05, 3.63) is 59.9 Å². The van der Waals surface area contributed by atoms with E-state index in [0.717, 1.165) is 14.3 Å². The standard InChI is InChI=1S/C22H27F3N4O4S/c1-27(2)34(31,32)26-20-18(29(14-22(20,24)25)21(30)28(3)33-4)13-16-11-8-12-17(19(16)23)15-9-6-5-7-10-15/h5-12,18,20,26H,13-14H2,1-4H3/t18-,20+/m0/s1. The Balaban J connectivity index is 2.05. The Morgan fingerprint density at radius 3 is 2.38 bits per heavy atom. The summed E-state index contributed by atoms with van der Waals surface area (Å²) in [6, 6.07) is 8.97. The number of halogens is 3. The molecule has 0 spiro atoms. The number of nitrogens with zero attached hydrogens (tertiary/aromatic N) is 3. The van der Waals surface area contributed by atoms with E-state index in [4.69, 9.17) is 4.84 Å². The lowest BCUT2D eigenvalue weighted by Gasteiger charge is -2.31. The summed E-state index contributed by atoms with van der Waals surface area (Å²) in [6.45, 7) is -1.06. The first kappa shape index (κ1) is 25.9. The molecule has 34 heavy (non-hydrogen) atoms. The summed E-state index contributed by atoms with van der Waals surface area (Å²) in [5, 5.41) is 0.753. The molecule has 12 heteroatoms. The number of likely N-dealkylation sites (tertiary alicyclic amines) is 1. The van der Waals surface area contributed by atoms with Gasteiger partial charge in [0.15, 0.2) is 0 Å². The maximum absolute atomic E-state index is 15.5. The van der Waals surface area contributed by atoms with Crippen molar-refractivity contribution in [2.45, 2.75) is 24.4 Å². The minimum atomic E-state index is -4.29. The van der Waals surface area contributed by atoms with Crippen molar-refractivity contribution < 1.29 is 31.2 Å². The van der Waals surface area contributed by atoms with Crippen molar-refractivity contribution in [2.75, 3.05) is 34.8 Å². The van der Waals surface area contributed by atoms with Crippen LogP contribution in [0.4, 0.5) is 18.0 Å². The van der Waals surface area contributed by atoms with Crippen LogP contribution >= 0.6 is 0 Å². The quantitative estimate of drug-likeness (QED) is 0.593. The molecule has 1 aliphatic heterocycles. The zero-order valence-corrected chi connectivity index (χ0v) is 20.0. The van der Waals surface area contributed by atoms with E-state index < -0.39 is 46.6 Å². The average molecular weight is 501 g/mol. The molecule has 1 fully saturated rings. The van der Waals surface area contributed by atoms with Gasteiger partial charge >= 0.3 is 6.03 Å². The molecular formula is C22H27F3N4O4S. The molecule has 0 radical (unpaired) electrons. The number of hydrogen-bond acceptors (Lipinski definition) is 4. The molecule has 1 saturated heterocycles. The molecule has 2 amide bonds. The summed E-state index contributed by atoms with van der Waals surface area (Å²) in [5.74, 6) is -4.25. The van der Waals surface area contributed by atoms with Crippen LogP contribution < -0.4 is 4.72 Å². The zero-order chi connectivity index (χ0) is 25.3. The molecule has 8 nitrogen and oxygen atoms in total. The summed E-state index contributed by atoms with van der Waals surface area (Å²) >= 11 is 0. The van der Waals surface area contributed by atoms with Crippen molar-refractivity contribution in [2.24, 2.45) is 0 Å². The Labute approximate surface area is 197 Å². The van der Waals surface area contributed by atoms with Gasteiger partial charge in [0.05, 0.1) is 19.7 Å². The van der Waals surface area contributed by atoms with E-state index in [0.29, 0.717) is 5.56 Å². The summed E-state index contributed by atoms with van der Waals surface area (Å²) < 4.78 is 73.2. The van der Waals surface area contributed by atoms with Crippen LogP contribution in [0.2, 0.25) is 0 Å². The van der Waals surface area contributed by atoms with Gasteiger partial charge in [-0.1, -0.05) is 48.5 Å². The van der Waals surface area contributed by atoms with Crippen molar-refractivity contribution in [1.29, 1.82) is 0 Å². The van der Waals surface area contributed by atoms with Gasteiger partial charge in [0.1, 0.15) is 11.9 Å². The topological polar surface area (TPSA) is 82.2 Å². The van der Waals surface area contributed by atoms with Crippen LogP contribution in [0.25, 0.3) is 11.1 Å². The Bertz CT molecular complexity index is 1130. The second-order valence-electron chi connectivity index (χ2n) is 8.15. The summed E-state index contributed by atoms with van der Waals surface area (Å²) in [6.07, 6.45) is -0.355. The molecular weight excluding hydrogens is 473 g/mol. The van der Waals surface area contributed by atoms with E-state index in [1.807, 2.05) is 4.72 Å². The van der Waals surface area contributed by atoms with E-state index in [2.05, 4.69) is 0 Å². The Morgan fingerprint density at radius 1 is 1.15 bits per heavy atom. The molecule has 3 rings (SSSR count). The second-order valence-corrected chi connectivity index (χ2v) is 10.1. The molecule has 0 aromatic heterocycles. The maximum atomic E-state index is 15.5. The van der Waals surface area contributed by atoms with Crippen LogP contribution in [0.1, 0.15) is 5.56 Å². The predicted molar refractivity (Wildman–Crippen MR) is 121 cm³/mol. The van der Waals surface area contributed by atoms with Gasteiger partial charge in [-0.2, -0.15) is 17.4 Å². The largest absolute Gasteiger partial charge is 0.344 e. The summed E-state index contributed by atoms with van der Waals surface area (Å²) in [5.41, 5.74) is 0.923. The summed E-state index contributed by atoms with van der Waals surface area (Å²) in [7, 11) is 0.524.